The van der Waals surface area contributed by atoms with E-state index in [0.717, 1.165) is 55.7 Å². The normalized spacial score (nSPS) is 16.9. The highest BCUT2D eigenvalue weighted by Gasteiger charge is 2.26. The lowest BCUT2D eigenvalue weighted by molar-refractivity contribution is -0.122. The summed E-state index contributed by atoms with van der Waals surface area (Å²) in [6.07, 6.45) is 2.89. The largest absolute Gasteiger partial charge is 0.489 e. The number of carbonyl (C=O) groups excluding carboxylic acids is 1. The van der Waals surface area contributed by atoms with E-state index in [1.165, 1.54) is 0 Å². The highest BCUT2D eigenvalue weighted by atomic mass is 16.5. The number of aromatic nitrogens is 2. The van der Waals surface area contributed by atoms with Gasteiger partial charge in [-0.3, -0.25) is 4.79 Å². The SMILES string of the molecule is CCNC(=O)C(C)c1ccc(OC2CCN(c3ccnc(N(CC)CC)n3)C2)cc1. The molecule has 0 bridgehead atoms. The van der Waals surface area contributed by atoms with Gasteiger partial charge in [-0.15, -0.1) is 0 Å². The molecule has 1 N–H and O–H groups in total. The fourth-order valence-electron chi connectivity index (χ4n) is 3.71. The van der Waals surface area contributed by atoms with E-state index in [-0.39, 0.29) is 17.9 Å². The summed E-state index contributed by atoms with van der Waals surface area (Å²) in [5, 5.41) is 2.87. The lowest BCUT2D eigenvalue weighted by Gasteiger charge is -2.22. The molecule has 1 aromatic heterocycles. The van der Waals surface area contributed by atoms with Crippen LogP contribution in [0.25, 0.3) is 0 Å². The van der Waals surface area contributed by atoms with Gasteiger partial charge in [0.15, 0.2) is 0 Å². The standard InChI is InChI=1S/C23H33N5O2/c1-5-24-22(29)17(4)18-8-10-19(11-9-18)30-20-13-15-28(16-20)21-12-14-25-23(26-21)27(6-2)7-3/h8-12,14,17,20H,5-7,13,15-16H2,1-4H3,(H,24,29). The Kier molecular flexibility index (Phi) is 7.49. The molecule has 1 aliphatic heterocycles. The predicted molar refractivity (Wildman–Crippen MR) is 120 cm³/mol. The van der Waals surface area contributed by atoms with Gasteiger partial charge in [-0.05, 0) is 51.5 Å². The Hall–Kier alpha value is -2.83. The lowest BCUT2D eigenvalue weighted by atomic mass is 10.0. The number of rotatable bonds is 9. The molecule has 2 heterocycles. The molecule has 0 saturated carbocycles. The number of nitrogens with zero attached hydrogens (tertiary/aromatic N) is 4. The molecular weight excluding hydrogens is 378 g/mol. The third-order valence-electron chi connectivity index (χ3n) is 5.57. The van der Waals surface area contributed by atoms with Crippen LogP contribution in [0.2, 0.25) is 0 Å². The quantitative estimate of drug-likeness (QED) is 0.683. The van der Waals surface area contributed by atoms with E-state index in [1.54, 1.807) is 0 Å². The van der Waals surface area contributed by atoms with Crippen LogP contribution >= 0.6 is 0 Å². The number of hydrogen-bond acceptors (Lipinski definition) is 6. The number of hydrogen-bond donors (Lipinski definition) is 1. The van der Waals surface area contributed by atoms with Crippen LogP contribution in [0.5, 0.6) is 5.75 Å². The summed E-state index contributed by atoms with van der Waals surface area (Å²) in [5.74, 6) is 2.44. The fourth-order valence-corrected chi connectivity index (χ4v) is 3.71. The molecule has 2 atom stereocenters. The first-order valence-electron chi connectivity index (χ1n) is 10.9. The van der Waals surface area contributed by atoms with E-state index < -0.39 is 0 Å². The van der Waals surface area contributed by atoms with Gasteiger partial charge in [0.25, 0.3) is 0 Å². The number of anilines is 2. The summed E-state index contributed by atoms with van der Waals surface area (Å²) in [6.45, 7) is 12.2. The average molecular weight is 412 g/mol. The van der Waals surface area contributed by atoms with Gasteiger partial charge < -0.3 is 19.9 Å². The second kappa shape index (κ2) is 10.3. The van der Waals surface area contributed by atoms with Gasteiger partial charge in [-0.1, -0.05) is 12.1 Å². The molecule has 1 aromatic carbocycles. The molecule has 0 aliphatic carbocycles. The third-order valence-corrected chi connectivity index (χ3v) is 5.57. The molecule has 30 heavy (non-hydrogen) atoms. The number of ether oxygens (including phenoxy) is 1. The van der Waals surface area contributed by atoms with Gasteiger partial charge in [0, 0.05) is 38.8 Å². The van der Waals surface area contributed by atoms with E-state index in [2.05, 4.69) is 33.9 Å². The van der Waals surface area contributed by atoms with Crippen molar-refractivity contribution in [3.63, 3.8) is 0 Å². The maximum atomic E-state index is 12.0. The maximum absolute atomic E-state index is 12.0. The van der Waals surface area contributed by atoms with Gasteiger partial charge in [0.05, 0.1) is 12.5 Å². The van der Waals surface area contributed by atoms with Gasteiger partial charge in [-0.25, -0.2) is 4.98 Å². The van der Waals surface area contributed by atoms with Crippen molar-refractivity contribution in [3.05, 3.63) is 42.1 Å². The number of benzene rings is 1. The van der Waals surface area contributed by atoms with Crippen LogP contribution in [0.3, 0.4) is 0 Å². The Morgan fingerprint density at radius 1 is 1.23 bits per heavy atom. The van der Waals surface area contributed by atoms with Crippen LogP contribution in [0.1, 0.15) is 45.6 Å². The Balaban J connectivity index is 1.59. The van der Waals surface area contributed by atoms with Crippen LogP contribution in [0.15, 0.2) is 36.5 Å². The summed E-state index contributed by atoms with van der Waals surface area (Å²) in [4.78, 5) is 25.6. The van der Waals surface area contributed by atoms with Crippen molar-refractivity contribution in [1.29, 1.82) is 0 Å². The number of likely N-dealkylation sites (N-methyl/N-ethyl adjacent to an activating group) is 1. The average Bonchev–Trinajstić information content (AvgIpc) is 3.23. The van der Waals surface area contributed by atoms with Crippen molar-refractivity contribution in [2.24, 2.45) is 0 Å². The van der Waals surface area contributed by atoms with Gasteiger partial charge in [-0.2, -0.15) is 4.98 Å². The van der Waals surface area contributed by atoms with Gasteiger partial charge >= 0.3 is 0 Å². The fraction of sp³-hybridized carbons (Fsp3) is 0.522. The zero-order valence-electron chi connectivity index (χ0n) is 18.5. The molecule has 1 saturated heterocycles. The van der Waals surface area contributed by atoms with Crippen molar-refractivity contribution in [2.75, 3.05) is 42.5 Å². The Labute approximate surface area is 179 Å². The van der Waals surface area contributed by atoms with Crippen molar-refractivity contribution in [1.82, 2.24) is 15.3 Å². The predicted octanol–water partition coefficient (Wildman–Crippen LogP) is 3.22. The highest BCUT2D eigenvalue weighted by molar-refractivity contribution is 5.83. The zero-order chi connectivity index (χ0) is 21.5. The Morgan fingerprint density at radius 3 is 2.63 bits per heavy atom. The molecule has 7 nitrogen and oxygen atoms in total. The molecule has 2 aromatic rings. The monoisotopic (exact) mass is 411 g/mol. The van der Waals surface area contributed by atoms with Crippen LogP contribution < -0.4 is 19.9 Å². The van der Waals surface area contributed by atoms with Crippen LogP contribution in [0.4, 0.5) is 11.8 Å². The smallest absolute Gasteiger partial charge is 0.227 e. The summed E-state index contributed by atoms with van der Waals surface area (Å²) in [7, 11) is 0. The van der Waals surface area contributed by atoms with E-state index >= 15 is 0 Å². The molecule has 0 spiro atoms. The number of amides is 1. The van der Waals surface area contributed by atoms with Crippen molar-refractivity contribution in [2.45, 2.75) is 46.1 Å². The molecule has 3 rings (SSSR count). The molecule has 2 unspecified atom stereocenters. The van der Waals surface area contributed by atoms with E-state index in [0.29, 0.717) is 6.54 Å². The van der Waals surface area contributed by atoms with E-state index in [1.807, 2.05) is 50.4 Å². The highest BCUT2D eigenvalue weighted by Crippen LogP contribution is 2.25. The third kappa shape index (κ3) is 5.20. The maximum Gasteiger partial charge on any atom is 0.227 e. The minimum atomic E-state index is -0.168. The van der Waals surface area contributed by atoms with Crippen LogP contribution in [-0.2, 0) is 4.79 Å². The Bertz CT molecular complexity index is 823. The molecular formula is C23H33N5O2. The van der Waals surface area contributed by atoms with E-state index in [9.17, 15) is 4.79 Å². The van der Waals surface area contributed by atoms with Gasteiger partial charge in [0.1, 0.15) is 17.7 Å². The van der Waals surface area contributed by atoms with Gasteiger partial charge in [0.2, 0.25) is 11.9 Å². The zero-order valence-corrected chi connectivity index (χ0v) is 18.5. The molecule has 1 amide bonds. The number of carbonyl (C=O) groups is 1. The number of nitrogens with one attached hydrogen (secondary N) is 1. The first-order chi connectivity index (χ1) is 14.5. The van der Waals surface area contributed by atoms with Crippen LogP contribution in [0, 0.1) is 0 Å². The lowest BCUT2D eigenvalue weighted by Crippen LogP contribution is -2.28. The second-order valence-corrected chi connectivity index (χ2v) is 7.55. The summed E-state index contributed by atoms with van der Waals surface area (Å²) in [5.41, 5.74) is 0.992. The topological polar surface area (TPSA) is 70.6 Å². The molecule has 162 valence electrons. The summed E-state index contributed by atoms with van der Waals surface area (Å²) in [6, 6.07) is 9.83. The van der Waals surface area contributed by atoms with Crippen LogP contribution in [-0.4, -0.2) is 54.7 Å². The van der Waals surface area contributed by atoms with Crippen molar-refractivity contribution < 1.29 is 9.53 Å². The second-order valence-electron chi connectivity index (χ2n) is 7.55. The first kappa shape index (κ1) is 21.9. The van der Waals surface area contributed by atoms with Crippen molar-refractivity contribution >= 4 is 17.7 Å². The first-order valence-corrected chi connectivity index (χ1v) is 10.9. The van der Waals surface area contributed by atoms with E-state index in [4.69, 9.17) is 9.72 Å². The summed E-state index contributed by atoms with van der Waals surface area (Å²) >= 11 is 0. The summed E-state index contributed by atoms with van der Waals surface area (Å²) < 4.78 is 6.19. The minimum Gasteiger partial charge on any atom is -0.489 e. The molecule has 0 radical (unpaired) electrons. The molecule has 1 fully saturated rings. The van der Waals surface area contributed by atoms with Crippen molar-refractivity contribution in [3.8, 4) is 5.75 Å². The Morgan fingerprint density at radius 2 is 1.97 bits per heavy atom. The molecule has 7 heteroatoms. The minimum absolute atomic E-state index is 0.0477. The molecule has 1 aliphatic rings.